The fraction of sp³-hybridized carbons (Fsp3) is 0.967. The Morgan fingerprint density at radius 3 is 2.27 bits per heavy atom. The van der Waals surface area contributed by atoms with Crippen LogP contribution in [0.3, 0.4) is 0 Å². The van der Waals surface area contributed by atoms with Gasteiger partial charge in [0.05, 0.1) is 24.1 Å². The summed E-state index contributed by atoms with van der Waals surface area (Å²) >= 11 is 0. The standard InChI is InChI=1S/C30H52O6S/c1-7-21-25-16-20(31)10-13-30(25,6)24-11-14-29(5)22(8-9-23(29)27(24)28(21)33)19(4)12-15-36-26(32)17-37(34,35)18(2)3/h18-25,27-28,31,33H,7-17H2,1-6H3/t19-,20-,21-,22-,23+,24+,25+,27+,28-,29-,30-/m1/s1. The summed E-state index contributed by atoms with van der Waals surface area (Å²) in [6.45, 7) is 12.8. The number of sulfone groups is 1. The van der Waals surface area contributed by atoms with Gasteiger partial charge in [-0.05, 0) is 117 Å². The van der Waals surface area contributed by atoms with E-state index in [1.165, 1.54) is 6.42 Å². The highest BCUT2D eigenvalue weighted by atomic mass is 32.2. The van der Waals surface area contributed by atoms with Crippen LogP contribution in [0.4, 0.5) is 0 Å². The van der Waals surface area contributed by atoms with Crippen molar-refractivity contribution in [1.82, 2.24) is 0 Å². The predicted octanol–water partition coefficient (Wildman–Crippen LogP) is 5.01. The summed E-state index contributed by atoms with van der Waals surface area (Å²) < 4.78 is 29.4. The van der Waals surface area contributed by atoms with Crippen LogP contribution in [0, 0.1) is 52.3 Å². The fourth-order valence-electron chi connectivity index (χ4n) is 9.87. The Hall–Kier alpha value is -0.660. The number of aliphatic hydroxyl groups is 2. The van der Waals surface area contributed by atoms with Crippen LogP contribution in [-0.2, 0) is 19.4 Å². The number of hydrogen-bond donors (Lipinski definition) is 2. The monoisotopic (exact) mass is 540 g/mol. The van der Waals surface area contributed by atoms with Gasteiger partial charge < -0.3 is 14.9 Å². The first-order valence-corrected chi connectivity index (χ1v) is 16.7. The van der Waals surface area contributed by atoms with Crippen LogP contribution >= 0.6 is 0 Å². The molecular formula is C30H52O6S. The first-order valence-electron chi connectivity index (χ1n) is 15.0. The molecule has 4 fully saturated rings. The van der Waals surface area contributed by atoms with Gasteiger partial charge in [-0.2, -0.15) is 0 Å². The summed E-state index contributed by atoms with van der Waals surface area (Å²) in [6.07, 6.45) is 8.63. The van der Waals surface area contributed by atoms with Gasteiger partial charge in [0.1, 0.15) is 5.75 Å². The molecule has 2 N–H and O–H groups in total. The van der Waals surface area contributed by atoms with Gasteiger partial charge in [-0.3, -0.25) is 4.79 Å². The van der Waals surface area contributed by atoms with Crippen molar-refractivity contribution in [1.29, 1.82) is 0 Å². The highest BCUT2D eigenvalue weighted by Gasteiger charge is 2.64. The van der Waals surface area contributed by atoms with Gasteiger partial charge in [0.15, 0.2) is 9.84 Å². The Bertz CT molecular complexity index is 932. The zero-order chi connectivity index (χ0) is 27.3. The van der Waals surface area contributed by atoms with E-state index >= 15 is 0 Å². The Kier molecular flexibility index (Phi) is 8.50. The number of rotatable bonds is 8. The third-order valence-electron chi connectivity index (χ3n) is 12.0. The first-order chi connectivity index (χ1) is 17.3. The van der Waals surface area contributed by atoms with Crippen molar-refractivity contribution in [2.45, 2.75) is 117 Å². The molecule has 11 atom stereocenters. The minimum atomic E-state index is -3.44. The second-order valence-corrected chi connectivity index (χ2v) is 16.5. The van der Waals surface area contributed by atoms with Crippen LogP contribution < -0.4 is 0 Å². The van der Waals surface area contributed by atoms with Gasteiger partial charge in [-0.15, -0.1) is 0 Å². The number of aliphatic hydroxyl groups excluding tert-OH is 2. The van der Waals surface area contributed by atoms with E-state index in [-0.39, 0.29) is 35.6 Å². The molecule has 7 heteroatoms. The van der Waals surface area contributed by atoms with Crippen molar-refractivity contribution in [3.8, 4) is 0 Å². The van der Waals surface area contributed by atoms with Crippen molar-refractivity contribution in [3.05, 3.63) is 0 Å². The Labute approximate surface area is 225 Å². The molecular weight excluding hydrogens is 488 g/mol. The van der Waals surface area contributed by atoms with Crippen molar-refractivity contribution >= 4 is 15.8 Å². The summed E-state index contributed by atoms with van der Waals surface area (Å²) in [6, 6.07) is 0. The summed E-state index contributed by atoms with van der Waals surface area (Å²) in [7, 11) is -3.44. The molecule has 0 spiro atoms. The number of fused-ring (bicyclic) bond motifs is 5. The topological polar surface area (TPSA) is 101 Å². The lowest BCUT2D eigenvalue weighted by molar-refractivity contribution is -0.203. The number of ether oxygens (including phenoxy) is 1. The fourth-order valence-corrected chi connectivity index (χ4v) is 10.6. The smallest absolute Gasteiger partial charge is 0.321 e. The Morgan fingerprint density at radius 2 is 1.62 bits per heavy atom. The quantitative estimate of drug-likeness (QED) is 0.420. The van der Waals surface area contributed by atoms with Crippen LogP contribution in [-0.4, -0.2) is 54.4 Å². The first kappa shape index (κ1) is 29.3. The maximum Gasteiger partial charge on any atom is 0.321 e. The van der Waals surface area contributed by atoms with Crippen molar-refractivity contribution in [2.75, 3.05) is 12.4 Å². The lowest BCUT2D eigenvalue weighted by Crippen LogP contribution is -2.62. The molecule has 0 aliphatic heterocycles. The molecule has 214 valence electrons. The van der Waals surface area contributed by atoms with E-state index in [4.69, 9.17) is 4.74 Å². The predicted molar refractivity (Wildman–Crippen MR) is 145 cm³/mol. The van der Waals surface area contributed by atoms with E-state index in [9.17, 15) is 23.4 Å². The summed E-state index contributed by atoms with van der Waals surface area (Å²) in [5.74, 6) is 1.74. The number of esters is 1. The zero-order valence-corrected chi connectivity index (χ0v) is 24.8. The molecule has 37 heavy (non-hydrogen) atoms. The largest absolute Gasteiger partial charge is 0.465 e. The molecule has 0 saturated heterocycles. The van der Waals surface area contributed by atoms with Crippen molar-refractivity contribution in [3.63, 3.8) is 0 Å². The molecule has 6 nitrogen and oxygen atoms in total. The molecule has 0 amide bonds. The molecule has 0 aromatic heterocycles. The molecule has 4 aliphatic rings. The van der Waals surface area contributed by atoms with E-state index in [0.717, 1.165) is 51.4 Å². The highest BCUT2D eigenvalue weighted by molar-refractivity contribution is 7.92. The van der Waals surface area contributed by atoms with E-state index in [1.807, 2.05) is 0 Å². The zero-order valence-electron chi connectivity index (χ0n) is 24.0. The molecule has 0 aromatic carbocycles. The van der Waals surface area contributed by atoms with Gasteiger partial charge >= 0.3 is 5.97 Å². The molecule has 0 radical (unpaired) electrons. The van der Waals surface area contributed by atoms with Crippen LogP contribution in [0.5, 0.6) is 0 Å². The van der Waals surface area contributed by atoms with Gasteiger partial charge in [0, 0.05) is 0 Å². The van der Waals surface area contributed by atoms with E-state index in [2.05, 4.69) is 27.7 Å². The number of carbonyl (C=O) groups excluding carboxylic acids is 1. The van der Waals surface area contributed by atoms with E-state index in [1.54, 1.807) is 13.8 Å². The van der Waals surface area contributed by atoms with Crippen LogP contribution in [0.25, 0.3) is 0 Å². The average molecular weight is 541 g/mol. The molecule has 4 rings (SSSR count). The van der Waals surface area contributed by atoms with Gasteiger partial charge in [0.25, 0.3) is 0 Å². The molecule has 4 aliphatic carbocycles. The minimum Gasteiger partial charge on any atom is -0.465 e. The van der Waals surface area contributed by atoms with Crippen LogP contribution in [0.2, 0.25) is 0 Å². The minimum absolute atomic E-state index is 0.169. The van der Waals surface area contributed by atoms with Gasteiger partial charge in [-0.25, -0.2) is 8.42 Å². The van der Waals surface area contributed by atoms with E-state index < -0.39 is 26.8 Å². The maximum atomic E-state index is 12.1. The van der Waals surface area contributed by atoms with Crippen LogP contribution in [0.1, 0.15) is 99.3 Å². The molecule has 0 heterocycles. The SMILES string of the molecule is CC[C@H]1[C@@H](O)[C@@H]2[C@H](CC[C@]3(C)[C@@H]([C@H](C)CCOC(=O)CS(=O)(=O)C(C)C)CC[C@@H]23)[C@@]2(C)CC[C@@H](O)C[C@@H]12. The Balaban J connectivity index is 1.44. The van der Waals surface area contributed by atoms with Crippen molar-refractivity contribution in [2.24, 2.45) is 52.3 Å². The number of hydrogen-bond acceptors (Lipinski definition) is 6. The Morgan fingerprint density at radius 1 is 0.973 bits per heavy atom. The lowest BCUT2D eigenvalue weighted by atomic mass is 9.41. The van der Waals surface area contributed by atoms with E-state index in [0.29, 0.717) is 35.5 Å². The summed E-state index contributed by atoms with van der Waals surface area (Å²) in [5, 5.41) is 21.7. The van der Waals surface area contributed by atoms with Crippen LogP contribution in [0.15, 0.2) is 0 Å². The maximum absolute atomic E-state index is 12.1. The third-order valence-corrected chi connectivity index (χ3v) is 14.1. The second-order valence-electron chi connectivity index (χ2n) is 14.0. The highest BCUT2D eigenvalue weighted by Crippen LogP contribution is 2.69. The van der Waals surface area contributed by atoms with Gasteiger partial charge in [-0.1, -0.05) is 34.1 Å². The molecule has 0 bridgehead atoms. The molecule has 4 saturated carbocycles. The lowest BCUT2D eigenvalue weighted by Gasteiger charge is -2.64. The normalized spacial score (nSPS) is 44.6. The van der Waals surface area contributed by atoms with Crippen molar-refractivity contribution < 1.29 is 28.2 Å². The summed E-state index contributed by atoms with van der Waals surface area (Å²) in [4.78, 5) is 12.1. The average Bonchev–Trinajstić information content (AvgIpc) is 3.17. The summed E-state index contributed by atoms with van der Waals surface area (Å²) in [5.41, 5.74) is 0.377. The van der Waals surface area contributed by atoms with Gasteiger partial charge in [0.2, 0.25) is 0 Å². The second kappa shape index (κ2) is 10.7. The number of carbonyl (C=O) groups is 1. The third kappa shape index (κ3) is 5.15. The molecule has 0 aromatic rings. The molecule has 0 unspecified atom stereocenters.